The Hall–Kier alpha value is -1.83. The van der Waals surface area contributed by atoms with E-state index in [0.29, 0.717) is 13.2 Å². The minimum Gasteiger partial charge on any atom is -0.409 e. The monoisotopic (exact) mass is 286 g/mol. The van der Waals surface area contributed by atoms with Crippen LogP contribution in [0, 0.1) is 11.3 Å². The van der Waals surface area contributed by atoms with E-state index >= 15 is 0 Å². The van der Waals surface area contributed by atoms with E-state index in [1.165, 1.54) is 0 Å². The van der Waals surface area contributed by atoms with E-state index in [-0.39, 0.29) is 24.6 Å². The number of rotatable bonds is 5. The number of primary amides is 1. The van der Waals surface area contributed by atoms with E-state index in [0.717, 1.165) is 0 Å². The topological polar surface area (TPSA) is 140 Å². The third-order valence-electron chi connectivity index (χ3n) is 3.64. The Morgan fingerprint density at radius 3 is 2.25 bits per heavy atom. The Labute approximate surface area is 117 Å². The molecule has 0 aromatic rings. The van der Waals surface area contributed by atoms with Crippen LogP contribution < -0.4 is 16.8 Å². The molecule has 114 valence electrons. The van der Waals surface area contributed by atoms with Crippen LogP contribution >= 0.6 is 0 Å². The summed E-state index contributed by atoms with van der Waals surface area (Å²) in [4.78, 5) is 23.9. The summed E-state index contributed by atoms with van der Waals surface area (Å²) in [5, 5.41) is 14.5. The standard InChI is InChI=1S/C12H22N4O4/c1-7(2)8(9(13)17)15-11(18)12(10(14)16-19)3-5-20-6-4-12/h7-8,19H,3-6H2,1-2H3,(H2,13,17)(H2,14,16)(H,15,18). The molecule has 20 heavy (non-hydrogen) atoms. The normalized spacial score (nSPS) is 20.4. The van der Waals surface area contributed by atoms with Crippen LogP contribution in [0.3, 0.4) is 0 Å². The van der Waals surface area contributed by atoms with Gasteiger partial charge in [0.2, 0.25) is 11.8 Å². The van der Waals surface area contributed by atoms with E-state index < -0.39 is 23.3 Å². The molecule has 6 N–H and O–H groups in total. The zero-order chi connectivity index (χ0) is 15.3. The van der Waals surface area contributed by atoms with Crippen LogP contribution in [0.4, 0.5) is 0 Å². The summed E-state index contributed by atoms with van der Waals surface area (Å²) in [6.45, 7) is 4.20. The maximum absolute atomic E-state index is 12.5. The molecule has 0 spiro atoms. The fraction of sp³-hybridized carbons (Fsp3) is 0.750. The van der Waals surface area contributed by atoms with Crippen molar-refractivity contribution in [2.24, 2.45) is 28.0 Å². The van der Waals surface area contributed by atoms with Crippen LogP contribution in [-0.2, 0) is 14.3 Å². The second-order valence-electron chi connectivity index (χ2n) is 5.28. The molecule has 1 heterocycles. The van der Waals surface area contributed by atoms with Crippen LogP contribution in [0.5, 0.6) is 0 Å². The number of hydrogen-bond acceptors (Lipinski definition) is 5. The van der Waals surface area contributed by atoms with Gasteiger partial charge in [-0.05, 0) is 18.8 Å². The minimum absolute atomic E-state index is 0.152. The lowest BCUT2D eigenvalue weighted by atomic mass is 9.77. The number of carbonyl (C=O) groups is 2. The van der Waals surface area contributed by atoms with E-state index in [1.807, 2.05) is 0 Å². The highest BCUT2D eigenvalue weighted by molar-refractivity contribution is 6.07. The Bertz CT molecular complexity index is 402. The molecule has 1 saturated heterocycles. The van der Waals surface area contributed by atoms with Crippen molar-refractivity contribution in [3.05, 3.63) is 0 Å². The van der Waals surface area contributed by atoms with Gasteiger partial charge in [-0.1, -0.05) is 19.0 Å². The van der Waals surface area contributed by atoms with Gasteiger partial charge in [-0.25, -0.2) is 0 Å². The SMILES string of the molecule is CC(C)C(NC(=O)C1(C(N)=NO)CCOCC1)C(N)=O. The molecule has 1 aliphatic heterocycles. The molecular weight excluding hydrogens is 264 g/mol. The number of amides is 2. The lowest BCUT2D eigenvalue weighted by molar-refractivity contribution is -0.135. The number of hydrogen-bond donors (Lipinski definition) is 4. The molecule has 8 nitrogen and oxygen atoms in total. The molecule has 0 aromatic carbocycles. The first-order valence-electron chi connectivity index (χ1n) is 6.51. The first-order valence-corrected chi connectivity index (χ1v) is 6.51. The number of amidine groups is 1. The predicted octanol–water partition coefficient (Wildman–Crippen LogP) is -0.844. The van der Waals surface area contributed by atoms with Crippen molar-refractivity contribution in [2.75, 3.05) is 13.2 Å². The molecule has 1 unspecified atom stereocenters. The molecule has 0 saturated carbocycles. The number of oxime groups is 1. The van der Waals surface area contributed by atoms with Gasteiger partial charge < -0.3 is 26.7 Å². The second kappa shape index (κ2) is 6.56. The molecule has 0 bridgehead atoms. The summed E-state index contributed by atoms with van der Waals surface area (Å²) in [6.07, 6.45) is 0.580. The Balaban J connectivity index is 2.97. The molecule has 2 amide bonds. The van der Waals surface area contributed by atoms with Crippen molar-refractivity contribution in [3.8, 4) is 0 Å². The van der Waals surface area contributed by atoms with Gasteiger partial charge in [0.1, 0.15) is 11.5 Å². The van der Waals surface area contributed by atoms with Crippen molar-refractivity contribution in [1.82, 2.24) is 5.32 Å². The van der Waals surface area contributed by atoms with Crippen molar-refractivity contribution in [1.29, 1.82) is 0 Å². The highest BCUT2D eigenvalue weighted by Gasteiger charge is 2.45. The second-order valence-corrected chi connectivity index (χ2v) is 5.28. The highest BCUT2D eigenvalue weighted by Crippen LogP contribution is 2.31. The van der Waals surface area contributed by atoms with E-state index in [4.69, 9.17) is 21.4 Å². The van der Waals surface area contributed by atoms with Crippen LogP contribution in [0.2, 0.25) is 0 Å². The summed E-state index contributed by atoms with van der Waals surface area (Å²) in [5.74, 6) is -1.41. The van der Waals surface area contributed by atoms with Gasteiger partial charge in [0.15, 0.2) is 5.84 Å². The van der Waals surface area contributed by atoms with Gasteiger partial charge in [-0.3, -0.25) is 9.59 Å². The van der Waals surface area contributed by atoms with Crippen LogP contribution in [0.25, 0.3) is 0 Å². The molecular formula is C12H22N4O4. The van der Waals surface area contributed by atoms with Crippen LogP contribution in [0.15, 0.2) is 5.16 Å². The lowest BCUT2D eigenvalue weighted by Gasteiger charge is -2.35. The fourth-order valence-corrected chi connectivity index (χ4v) is 2.26. The van der Waals surface area contributed by atoms with Gasteiger partial charge >= 0.3 is 0 Å². The smallest absolute Gasteiger partial charge is 0.240 e. The van der Waals surface area contributed by atoms with E-state index in [9.17, 15) is 9.59 Å². The molecule has 1 aliphatic rings. The summed E-state index contributed by atoms with van der Waals surface area (Å²) < 4.78 is 5.21. The summed E-state index contributed by atoms with van der Waals surface area (Å²) in [5.41, 5.74) is 9.80. The van der Waals surface area contributed by atoms with Gasteiger partial charge in [0.05, 0.1) is 0 Å². The summed E-state index contributed by atoms with van der Waals surface area (Å²) in [6, 6.07) is -0.797. The summed E-state index contributed by atoms with van der Waals surface area (Å²) in [7, 11) is 0. The molecule has 1 fully saturated rings. The van der Waals surface area contributed by atoms with Crippen molar-refractivity contribution in [3.63, 3.8) is 0 Å². The third kappa shape index (κ3) is 3.19. The lowest BCUT2D eigenvalue weighted by Crippen LogP contribution is -2.58. The fourth-order valence-electron chi connectivity index (χ4n) is 2.26. The van der Waals surface area contributed by atoms with Crippen molar-refractivity contribution < 1.29 is 19.5 Å². The first kappa shape index (κ1) is 16.2. The number of nitrogens with one attached hydrogen (secondary N) is 1. The molecule has 1 atom stereocenters. The molecule has 0 aromatic heterocycles. The molecule has 0 aliphatic carbocycles. The Kier molecular flexibility index (Phi) is 5.32. The highest BCUT2D eigenvalue weighted by atomic mass is 16.5. The van der Waals surface area contributed by atoms with Crippen molar-refractivity contribution >= 4 is 17.6 Å². The number of ether oxygens (including phenoxy) is 1. The molecule has 0 radical (unpaired) electrons. The maximum atomic E-state index is 12.5. The van der Waals surface area contributed by atoms with Crippen LogP contribution in [0.1, 0.15) is 26.7 Å². The first-order chi connectivity index (χ1) is 9.35. The van der Waals surface area contributed by atoms with Gasteiger partial charge in [0, 0.05) is 13.2 Å². The van der Waals surface area contributed by atoms with Crippen LogP contribution in [-0.4, -0.2) is 42.1 Å². The minimum atomic E-state index is -1.16. The van der Waals surface area contributed by atoms with E-state index in [2.05, 4.69) is 10.5 Å². The van der Waals surface area contributed by atoms with Gasteiger partial charge in [0.25, 0.3) is 0 Å². The average Bonchev–Trinajstić information content (AvgIpc) is 2.43. The number of nitrogens with zero attached hydrogens (tertiary/aromatic N) is 1. The molecule has 8 heteroatoms. The predicted molar refractivity (Wildman–Crippen MR) is 71.9 cm³/mol. The average molecular weight is 286 g/mol. The number of nitrogens with two attached hydrogens (primary N) is 2. The summed E-state index contributed by atoms with van der Waals surface area (Å²) >= 11 is 0. The maximum Gasteiger partial charge on any atom is 0.240 e. The third-order valence-corrected chi connectivity index (χ3v) is 3.64. The zero-order valence-corrected chi connectivity index (χ0v) is 11.8. The Morgan fingerprint density at radius 2 is 1.85 bits per heavy atom. The van der Waals surface area contributed by atoms with Gasteiger partial charge in [-0.15, -0.1) is 0 Å². The van der Waals surface area contributed by atoms with Gasteiger partial charge in [-0.2, -0.15) is 0 Å². The molecule has 1 rings (SSSR count). The quantitative estimate of drug-likeness (QED) is 0.226. The largest absolute Gasteiger partial charge is 0.409 e. The number of carbonyl (C=O) groups excluding carboxylic acids is 2. The Morgan fingerprint density at radius 1 is 1.30 bits per heavy atom. The zero-order valence-electron chi connectivity index (χ0n) is 11.8. The van der Waals surface area contributed by atoms with E-state index in [1.54, 1.807) is 13.8 Å². The van der Waals surface area contributed by atoms with Crippen molar-refractivity contribution in [2.45, 2.75) is 32.7 Å².